The molecule has 0 amide bonds. The summed E-state index contributed by atoms with van der Waals surface area (Å²) < 4.78 is 0. The van der Waals surface area contributed by atoms with Gasteiger partial charge in [0, 0.05) is 0 Å². The molecule has 0 bridgehead atoms. The third-order valence-electron chi connectivity index (χ3n) is 1.19. The Kier molecular flexibility index (Phi) is 26.4. The van der Waals surface area contributed by atoms with Gasteiger partial charge < -0.3 is 10.6 Å². The molecule has 0 atom stereocenters. The van der Waals surface area contributed by atoms with E-state index >= 15 is 0 Å². The van der Waals surface area contributed by atoms with E-state index < -0.39 is 0 Å². The van der Waals surface area contributed by atoms with E-state index in [-0.39, 0.29) is 41.9 Å². The molecular weight excluding hydrogens is 203 g/mol. The van der Waals surface area contributed by atoms with Crippen LogP contribution in [0.25, 0.3) is 10.6 Å². The van der Waals surface area contributed by atoms with E-state index in [4.69, 9.17) is 0 Å². The zero-order chi connectivity index (χ0) is 11.7. The zero-order valence-corrected chi connectivity index (χ0v) is 13.3. The van der Waals surface area contributed by atoms with Crippen molar-refractivity contribution in [2.24, 2.45) is 0 Å². The van der Waals surface area contributed by atoms with Crippen LogP contribution in [0, 0.1) is 0 Å². The van der Waals surface area contributed by atoms with Crippen LogP contribution in [0.3, 0.4) is 0 Å². The van der Waals surface area contributed by atoms with Gasteiger partial charge in [-0.1, -0.05) is 55.4 Å². The number of hydrogen-bond donors (Lipinski definition) is 0. The quantitative estimate of drug-likeness (QED) is 0.666. The Balaban J connectivity index is -0.0000000800. The largest absolute Gasteiger partial charge is 2.00 e. The van der Waals surface area contributed by atoms with Crippen molar-refractivity contribution in [1.29, 1.82) is 0 Å². The van der Waals surface area contributed by atoms with Gasteiger partial charge in [0.05, 0.1) is 0 Å². The molecule has 0 fully saturated rings. The van der Waals surface area contributed by atoms with Gasteiger partial charge in [0.1, 0.15) is 0 Å². The van der Waals surface area contributed by atoms with Crippen LogP contribution in [0.2, 0.25) is 0 Å². The smallest absolute Gasteiger partial charge is 2.00 e. The van der Waals surface area contributed by atoms with Crippen molar-refractivity contribution in [3.05, 3.63) is 10.6 Å². The Morgan fingerprint density at radius 1 is 0.500 bits per heavy atom. The van der Waals surface area contributed by atoms with Gasteiger partial charge in [-0.3, -0.25) is 0 Å². The Hall–Kier alpha value is 1.28. The van der Waals surface area contributed by atoms with Crippen LogP contribution in [0.5, 0.6) is 0 Å². The fourth-order valence-corrected chi connectivity index (χ4v) is 1.19. The predicted octanol–water partition coefficient (Wildman–Crippen LogP) is 3.32. The van der Waals surface area contributed by atoms with Crippen molar-refractivity contribution >= 4 is 41.9 Å². The van der Waals surface area contributed by atoms with E-state index in [9.17, 15) is 0 Å². The summed E-state index contributed by atoms with van der Waals surface area (Å²) in [4.78, 5) is 0. The summed E-state index contributed by atoms with van der Waals surface area (Å²) in [5, 5.41) is 8.56. The molecule has 0 aliphatic heterocycles. The maximum absolute atomic E-state index is 4.28. The summed E-state index contributed by atoms with van der Waals surface area (Å²) in [6.45, 7) is 16.8. The van der Waals surface area contributed by atoms with Crippen molar-refractivity contribution in [2.75, 3.05) is 0 Å². The van der Waals surface area contributed by atoms with Crippen LogP contribution in [0.15, 0.2) is 0 Å². The molecule has 0 unspecified atom stereocenters. The molecule has 0 aromatic carbocycles. The van der Waals surface area contributed by atoms with Crippen molar-refractivity contribution in [3.63, 3.8) is 0 Å². The summed E-state index contributed by atoms with van der Waals surface area (Å²) in [5.74, 6) is 0. The third kappa shape index (κ3) is 36.2. The predicted molar refractivity (Wildman–Crippen MR) is 80.2 cm³/mol. The van der Waals surface area contributed by atoms with Gasteiger partial charge in [0.15, 0.2) is 0 Å². The van der Waals surface area contributed by atoms with E-state index in [1.165, 1.54) is 0 Å². The van der Waals surface area contributed by atoms with Crippen LogP contribution in [0.4, 0.5) is 0 Å². The Morgan fingerprint density at radius 3 is 0.625 bits per heavy atom. The van der Waals surface area contributed by atoms with Crippen LogP contribution in [-0.4, -0.2) is 66.1 Å². The topological polar surface area (TPSA) is 28.2 Å². The minimum absolute atomic E-state index is 0. The second kappa shape index (κ2) is 16.3. The molecule has 0 aliphatic rings. The summed E-state index contributed by atoms with van der Waals surface area (Å²) in [7, 11) is 0. The maximum Gasteiger partial charge on any atom is 2.00 e. The van der Waals surface area contributed by atoms with E-state index in [1.54, 1.807) is 0 Å². The van der Waals surface area contributed by atoms with Gasteiger partial charge in [-0.2, -0.15) is 0 Å². The molecule has 0 aromatic heterocycles. The number of rotatable bonds is 4. The van der Waals surface area contributed by atoms with E-state index in [1.807, 2.05) is 0 Å². The summed E-state index contributed by atoms with van der Waals surface area (Å²) in [6.07, 6.45) is 0. The molecule has 0 heterocycles. The second-order valence-electron chi connectivity index (χ2n) is 4.67. The van der Waals surface area contributed by atoms with Gasteiger partial charge in [-0.15, -0.1) is 24.2 Å². The molecule has 0 radical (unpaired) electrons. The Bertz CT molecular complexity index is 91.6. The fourth-order valence-electron chi connectivity index (χ4n) is 1.19. The molecule has 0 saturated carbocycles. The van der Waals surface area contributed by atoms with E-state index in [2.05, 4.69) is 66.0 Å². The molecule has 90 valence electrons. The minimum atomic E-state index is 0. The Morgan fingerprint density at radius 2 is 0.625 bits per heavy atom. The van der Waals surface area contributed by atoms with Gasteiger partial charge in [-0.25, -0.2) is 0 Å². The minimum Gasteiger partial charge on any atom is 2.00 e. The van der Waals surface area contributed by atoms with Crippen molar-refractivity contribution in [3.8, 4) is 0 Å². The average Bonchev–Trinajstić information content (AvgIpc) is 1.79. The van der Waals surface area contributed by atoms with Gasteiger partial charge in [-0.05, 0) is 0 Å². The molecule has 2 nitrogen and oxygen atoms in total. The van der Waals surface area contributed by atoms with Crippen LogP contribution in [0.1, 0.15) is 55.4 Å². The van der Waals surface area contributed by atoms with Gasteiger partial charge >= 0.3 is 41.9 Å². The van der Waals surface area contributed by atoms with Crippen molar-refractivity contribution in [1.82, 2.24) is 0 Å². The van der Waals surface area contributed by atoms with E-state index in [0.29, 0.717) is 24.2 Å². The number of nitrogens with zero attached hydrogens (tertiary/aromatic N) is 2. The monoisotopic (exact) mass is 232 g/mol. The first kappa shape index (κ1) is 26.0. The van der Waals surface area contributed by atoms with Crippen LogP contribution >= 0.6 is 0 Å². The molecule has 0 N–H and O–H groups in total. The first-order chi connectivity index (χ1) is 6.25. The first-order valence-electron chi connectivity index (χ1n) is 5.65. The summed E-state index contributed by atoms with van der Waals surface area (Å²) in [6, 6.07) is 2.00. The number of hydrogen-bond acceptors (Lipinski definition) is 0. The molecule has 4 heteroatoms. The normalized spacial score (nSPS) is 9.75. The van der Waals surface area contributed by atoms with Crippen LogP contribution in [-0.2, 0) is 0 Å². The van der Waals surface area contributed by atoms with E-state index in [0.717, 1.165) is 0 Å². The fraction of sp³-hybridized carbons (Fsp3) is 1.00. The van der Waals surface area contributed by atoms with Crippen molar-refractivity contribution < 1.29 is 0 Å². The standard InChI is InChI=1S/2C6H14N.Li.Mg.H/c2*1-5(2)7-6(3)4;;;/h2*5-6H,1-4H3;;;/q2*-1;;+2;. The van der Waals surface area contributed by atoms with Gasteiger partial charge in [0.25, 0.3) is 0 Å². The molecule has 0 aliphatic carbocycles. The molecule has 16 heavy (non-hydrogen) atoms. The first-order valence-corrected chi connectivity index (χ1v) is 5.65. The molecule has 0 spiro atoms. The zero-order valence-electron chi connectivity index (χ0n) is 11.9. The molecule has 0 rings (SSSR count). The Labute approximate surface area is 131 Å². The third-order valence-corrected chi connectivity index (χ3v) is 1.19. The molecule has 0 aromatic rings. The van der Waals surface area contributed by atoms with Crippen LogP contribution < -0.4 is 0 Å². The summed E-state index contributed by atoms with van der Waals surface area (Å²) >= 11 is 0. The SMILES string of the molecule is CC(C)[N-]C(C)C.CC(C)[N-]C(C)C.[LiH].[Mg+2]. The molecule has 0 saturated heterocycles. The van der Waals surface area contributed by atoms with Crippen molar-refractivity contribution in [2.45, 2.75) is 79.6 Å². The average molecular weight is 233 g/mol. The van der Waals surface area contributed by atoms with Gasteiger partial charge in [0.2, 0.25) is 0 Å². The second-order valence-corrected chi connectivity index (χ2v) is 4.67. The summed E-state index contributed by atoms with van der Waals surface area (Å²) in [5.41, 5.74) is 0. The molecular formula is C12H29LiMgN2. The maximum atomic E-state index is 4.28.